The van der Waals surface area contributed by atoms with E-state index in [0.29, 0.717) is 39.2 Å². The fraction of sp³-hybridized carbons (Fsp3) is 0.148. The van der Waals surface area contributed by atoms with Crippen LogP contribution < -0.4 is 10.1 Å². The molecule has 1 heterocycles. The highest BCUT2D eigenvalue weighted by Gasteiger charge is 2.20. The number of hydrogen-bond acceptors (Lipinski definition) is 5. The van der Waals surface area contributed by atoms with Gasteiger partial charge in [0.2, 0.25) is 0 Å². The van der Waals surface area contributed by atoms with Crippen LogP contribution in [0.5, 0.6) is 5.75 Å². The van der Waals surface area contributed by atoms with E-state index in [-0.39, 0.29) is 5.82 Å². The molecule has 8 heteroatoms. The first-order valence-electron chi connectivity index (χ1n) is 10.8. The molecule has 35 heavy (non-hydrogen) atoms. The van der Waals surface area contributed by atoms with Crippen LogP contribution in [0.3, 0.4) is 0 Å². The monoisotopic (exact) mass is 475 g/mol. The van der Waals surface area contributed by atoms with Crippen LogP contribution in [0.25, 0.3) is 33.3 Å². The first-order chi connectivity index (χ1) is 16.8. The van der Waals surface area contributed by atoms with Crippen molar-refractivity contribution in [1.29, 1.82) is 0 Å². The van der Waals surface area contributed by atoms with Gasteiger partial charge in [-0.15, -0.1) is 0 Å². The number of methoxy groups -OCH3 is 1. The average molecular weight is 475 g/mol. The predicted octanol–water partition coefficient (Wildman–Crippen LogP) is 5.79. The topological polar surface area (TPSA) is 83.8 Å². The molecule has 0 aliphatic carbocycles. The molecule has 4 rings (SSSR count). The standard InChI is InChI=1S/C27H23F2N3O3/c1-15(27(33)34)31-26-21-13-18(28)8-10-23(21)32-25(22(26)14-30-2)17-6-4-16(5-7-17)20-12-19(29)9-11-24(20)35-3/h4-15H,1-3H3,(H,31,32)(H,33,34). The molecule has 0 fully saturated rings. The maximum atomic E-state index is 14.1. The van der Waals surface area contributed by atoms with E-state index in [1.54, 1.807) is 25.4 Å². The SMILES string of the molecule is CN=Cc1c(-c2ccc(-c3cc(F)ccc3OC)cc2)nc2ccc(F)cc2c1NC(C)C(=O)O. The summed E-state index contributed by atoms with van der Waals surface area (Å²) in [7, 11) is 3.11. The number of carboxylic acids is 1. The molecule has 0 saturated carbocycles. The third-order valence-electron chi connectivity index (χ3n) is 5.60. The van der Waals surface area contributed by atoms with Crippen LogP contribution in [-0.4, -0.2) is 42.5 Å². The maximum absolute atomic E-state index is 14.1. The summed E-state index contributed by atoms with van der Waals surface area (Å²) in [6.07, 6.45) is 1.56. The minimum absolute atomic E-state index is 0.377. The quantitative estimate of drug-likeness (QED) is 0.331. The van der Waals surface area contributed by atoms with Crippen LogP contribution in [0.2, 0.25) is 0 Å². The molecule has 1 aromatic heterocycles. The van der Waals surface area contributed by atoms with E-state index in [2.05, 4.69) is 10.3 Å². The van der Waals surface area contributed by atoms with E-state index in [9.17, 15) is 18.7 Å². The van der Waals surface area contributed by atoms with E-state index in [4.69, 9.17) is 9.72 Å². The van der Waals surface area contributed by atoms with E-state index < -0.39 is 17.8 Å². The highest BCUT2D eigenvalue weighted by atomic mass is 19.1. The third-order valence-corrected chi connectivity index (χ3v) is 5.60. The van der Waals surface area contributed by atoms with Crippen LogP contribution in [0.4, 0.5) is 14.5 Å². The molecule has 178 valence electrons. The van der Waals surface area contributed by atoms with Gasteiger partial charge in [-0.1, -0.05) is 24.3 Å². The third kappa shape index (κ3) is 4.82. The second kappa shape index (κ2) is 9.89. The summed E-state index contributed by atoms with van der Waals surface area (Å²) in [5.41, 5.74) is 4.04. The summed E-state index contributed by atoms with van der Waals surface area (Å²) in [5, 5.41) is 12.9. The number of benzene rings is 3. The van der Waals surface area contributed by atoms with Gasteiger partial charge in [-0.05, 0) is 48.9 Å². The summed E-state index contributed by atoms with van der Waals surface area (Å²) in [4.78, 5) is 20.4. The number of carbonyl (C=O) groups is 1. The molecule has 0 amide bonds. The summed E-state index contributed by atoms with van der Waals surface area (Å²) in [6.45, 7) is 1.50. The van der Waals surface area contributed by atoms with Gasteiger partial charge in [0.1, 0.15) is 23.4 Å². The van der Waals surface area contributed by atoms with Crippen LogP contribution in [0, 0.1) is 11.6 Å². The lowest BCUT2D eigenvalue weighted by Gasteiger charge is -2.19. The number of rotatable bonds is 7. The second-order valence-corrected chi connectivity index (χ2v) is 7.92. The van der Waals surface area contributed by atoms with Crippen molar-refractivity contribution < 1.29 is 23.4 Å². The number of pyridine rings is 1. The van der Waals surface area contributed by atoms with Crippen LogP contribution in [0.15, 0.2) is 65.7 Å². The molecule has 0 aliphatic heterocycles. The first kappa shape index (κ1) is 23.8. The Morgan fingerprint density at radius 1 is 1.06 bits per heavy atom. The minimum Gasteiger partial charge on any atom is -0.496 e. The molecule has 0 spiro atoms. The van der Waals surface area contributed by atoms with Gasteiger partial charge in [-0.2, -0.15) is 0 Å². The molecule has 0 saturated heterocycles. The van der Waals surface area contributed by atoms with Crippen molar-refractivity contribution in [3.63, 3.8) is 0 Å². The zero-order chi connectivity index (χ0) is 25.1. The number of halogens is 2. The number of aromatic nitrogens is 1. The Balaban J connectivity index is 1.90. The lowest BCUT2D eigenvalue weighted by Crippen LogP contribution is -2.26. The normalized spacial score (nSPS) is 12.1. The Morgan fingerprint density at radius 2 is 1.71 bits per heavy atom. The number of hydrogen-bond donors (Lipinski definition) is 2. The van der Waals surface area contributed by atoms with E-state index in [1.807, 2.05) is 24.3 Å². The van der Waals surface area contributed by atoms with Crippen molar-refractivity contribution in [2.75, 3.05) is 19.5 Å². The number of nitrogens with one attached hydrogen (secondary N) is 1. The molecular formula is C27H23F2N3O3. The molecule has 0 bridgehead atoms. The van der Waals surface area contributed by atoms with Gasteiger partial charge in [-0.3, -0.25) is 9.79 Å². The Labute approximate surface area is 200 Å². The number of aliphatic carboxylic acids is 1. The highest BCUT2D eigenvalue weighted by Crippen LogP contribution is 2.36. The number of fused-ring (bicyclic) bond motifs is 1. The smallest absolute Gasteiger partial charge is 0.325 e. The van der Waals surface area contributed by atoms with E-state index >= 15 is 0 Å². The van der Waals surface area contributed by atoms with Gasteiger partial charge in [0.15, 0.2) is 0 Å². The largest absolute Gasteiger partial charge is 0.496 e. The van der Waals surface area contributed by atoms with Crippen molar-refractivity contribution in [2.45, 2.75) is 13.0 Å². The van der Waals surface area contributed by atoms with Crippen molar-refractivity contribution in [1.82, 2.24) is 4.98 Å². The number of anilines is 1. The average Bonchev–Trinajstić information content (AvgIpc) is 2.85. The van der Waals surface area contributed by atoms with Crippen LogP contribution in [-0.2, 0) is 4.79 Å². The number of carboxylic acid groups (broad SMARTS) is 1. The van der Waals surface area contributed by atoms with Crippen LogP contribution >= 0.6 is 0 Å². The molecule has 2 N–H and O–H groups in total. The number of ether oxygens (including phenoxy) is 1. The lowest BCUT2D eigenvalue weighted by atomic mass is 9.97. The highest BCUT2D eigenvalue weighted by molar-refractivity contribution is 6.07. The van der Waals surface area contributed by atoms with Gasteiger partial charge in [0.05, 0.1) is 24.0 Å². The molecule has 1 atom stereocenters. The summed E-state index contributed by atoms with van der Waals surface area (Å²) in [5.74, 6) is -1.36. The van der Waals surface area contributed by atoms with Gasteiger partial charge >= 0.3 is 5.97 Å². The Bertz CT molecular complexity index is 1440. The van der Waals surface area contributed by atoms with Crippen molar-refractivity contribution in [3.05, 3.63) is 77.9 Å². The molecule has 6 nitrogen and oxygen atoms in total. The Morgan fingerprint density at radius 3 is 2.37 bits per heavy atom. The minimum atomic E-state index is -1.05. The predicted molar refractivity (Wildman–Crippen MR) is 133 cm³/mol. The van der Waals surface area contributed by atoms with Crippen LogP contribution in [0.1, 0.15) is 12.5 Å². The number of nitrogens with zero attached hydrogens (tertiary/aromatic N) is 2. The van der Waals surface area contributed by atoms with Crippen molar-refractivity contribution >= 4 is 28.8 Å². The first-order valence-corrected chi connectivity index (χ1v) is 10.8. The van der Waals surface area contributed by atoms with Crippen molar-refractivity contribution in [2.24, 2.45) is 4.99 Å². The summed E-state index contributed by atoms with van der Waals surface area (Å²) >= 11 is 0. The second-order valence-electron chi connectivity index (χ2n) is 7.92. The summed E-state index contributed by atoms with van der Waals surface area (Å²) < 4.78 is 33.4. The lowest BCUT2D eigenvalue weighted by molar-refractivity contribution is -0.137. The zero-order valence-electron chi connectivity index (χ0n) is 19.3. The van der Waals surface area contributed by atoms with E-state index in [1.165, 1.54) is 38.3 Å². The molecule has 0 radical (unpaired) electrons. The van der Waals surface area contributed by atoms with Crippen molar-refractivity contribution in [3.8, 4) is 28.1 Å². The fourth-order valence-corrected chi connectivity index (χ4v) is 3.87. The van der Waals surface area contributed by atoms with E-state index in [0.717, 1.165) is 11.1 Å². The molecule has 3 aromatic carbocycles. The van der Waals surface area contributed by atoms with Gasteiger partial charge < -0.3 is 15.2 Å². The fourth-order valence-electron chi connectivity index (χ4n) is 3.87. The molecule has 1 unspecified atom stereocenters. The molecular weight excluding hydrogens is 452 g/mol. The van der Waals surface area contributed by atoms with Gasteiger partial charge in [-0.25, -0.2) is 13.8 Å². The molecule has 0 aliphatic rings. The van der Waals surface area contributed by atoms with Gasteiger partial charge in [0, 0.05) is 35.3 Å². The maximum Gasteiger partial charge on any atom is 0.325 e. The number of aliphatic imine (C=N–C) groups is 1. The summed E-state index contributed by atoms with van der Waals surface area (Å²) in [6, 6.07) is 14.8. The Hall–Kier alpha value is -4.33. The van der Waals surface area contributed by atoms with Gasteiger partial charge in [0.25, 0.3) is 0 Å². The zero-order valence-corrected chi connectivity index (χ0v) is 19.3. The Kier molecular flexibility index (Phi) is 6.73. The molecule has 4 aromatic rings.